The van der Waals surface area contributed by atoms with Crippen LogP contribution in [-0.4, -0.2) is 14.1 Å². The number of hydrogen-bond acceptors (Lipinski definition) is 2. The van der Waals surface area contributed by atoms with Gasteiger partial charge in [0.05, 0.1) is 30.4 Å². The van der Waals surface area contributed by atoms with Crippen molar-refractivity contribution >= 4 is 32.8 Å². The number of rotatable bonds is 6. The third kappa shape index (κ3) is 7.43. The number of para-hydroxylation sites is 2. The Labute approximate surface area is 446 Å². The Bertz CT molecular complexity index is 4720. The minimum atomic E-state index is -2.80. The smallest absolute Gasteiger partial charge is 0.268 e. The van der Waals surface area contributed by atoms with Crippen molar-refractivity contribution in [1.29, 1.82) is 0 Å². The van der Waals surface area contributed by atoms with Gasteiger partial charge in [0.15, 0.2) is 0 Å². The summed E-state index contributed by atoms with van der Waals surface area (Å²) in [4.78, 5) is 4.71. The summed E-state index contributed by atoms with van der Waals surface area (Å²) in [5.41, 5.74) is 9.34. The van der Waals surface area contributed by atoms with Gasteiger partial charge in [-0.3, -0.25) is 4.57 Å². The Hall–Kier alpha value is -8.11. The van der Waals surface area contributed by atoms with Crippen LogP contribution in [0, 0.1) is 25.3 Å². The molecule has 13 rings (SSSR count). The Morgan fingerprint density at radius 3 is 1.90 bits per heavy atom. The molecule has 3 aromatic heterocycles. The topological polar surface area (TPSA) is 35.9 Å². The quantitative estimate of drug-likeness (QED) is 0.123. The average Bonchev–Trinajstić information content (AvgIpc) is 2.13. The van der Waals surface area contributed by atoms with Crippen molar-refractivity contribution in [3.8, 4) is 84.3 Å². The van der Waals surface area contributed by atoms with E-state index in [1.54, 1.807) is 16.7 Å². The van der Waals surface area contributed by atoms with E-state index in [1.807, 2.05) is 94.1 Å². The summed E-state index contributed by atoms with van der Waals surface area (Å²) in [6.45, 7) is 3.47. The molecule has 12 aromatic rings. The maximum Gasteiger partial charge on any atom is 0.268 e. The summed E-state index contributed by atoms with van der Waals surface area (Å²) >= 11 is 0. The van der Waals surface area contributed by atoms with E-state index in [9.17, 15) is 2.74 Å². The molecule has 344 valence electrons. The van der Waals surface area contributed by atoms with Crippen LogP contribution < -0.4 is 9.30 Å². The van der Waals surface area contributed by atoms with E-state index in [0.29, 0.717) is 39.2 Å². The SMILES string of the molecule is [2H]c1c([2H])c([2H])c(-c2cnc(-n3c4[c-]c(Oc5[c-]c(-n6[c-][n+]7c8c(cccc86)-c6ccccc6-c6ccccc6-c6cc(C(C)(C)C)cc(-c8c([2H])c([2H])c([2H])c([2H])c8[2H])c6-7)ccc5)ccc4c4ccccc43)cc2C([2H])([2H])[2H])c([2H])c1[2H].[Pt]. The largest absolute Gasteiger partial charge is 0.510 e. The Balaban J connectivity index is 0.00000694. The van der Waals surface area contributed by atoms with Crippen molar-refractivity contribution in [2.24, 2.45) is 0 Å². The number of ether oxygens (including phenoxy) is 1. The second-order valence-electron chi connectivity index (χ2n) is 18.2. The number of aryl methyl sites for hydroxylation is 1. The van der Waals surface area contributed by atoms with Crippen LogP contribution in [0.3, 0.4) is 0 Å². The van der Waals surface area contributed by atoms with Crippen molar-refractivity contribution in [3.63, 3.8) is 0 Å². The number of aromatic nitrogens is 4. The fraction of sp³-hybridized carbons (Fsp3) is 0.0769. The van der Waals surface area contributed by atoms with E-state index < -0.39 is 60.6 Å². The van der Waals surface area contributed by atoms with E-state index in [1.165, 1.54) is 12.3 Å². The number of fused-ring (bicyclic) bond motifs is 10. The Kier molecular flexibility index (Phi) is 7.81. The monoisotopic (exact) mass is 1110 g/mol. The summed E-state index contributed by atoms with van der Waals surface area (Å²) in [6.07, 6.45) is 4.93. The summed E-state index contributed by atoms with van der Waals surface area (Å²) in [5, 5.41) is 1.56. The van der Waals surface area contributed by atoms with Crippen LogP contribution in [0.1, 0.15) is 49.7 Å². The molecule has 9 aromatic carbocycles. The van der Waals surface area contributed by atoms with E-state index in [-0.39, 0.29) is 67.0 Å². The van der Waals surface area contributed by atoms with Crippen LogP contribution in [0.25, 0.3) is 106 Å². The summed E-state index contributed by atoms with van der Waals surface area (Å²) in [6, 6.07) is 46.4. The molecule has 0 radical (unpaired) electrons. The molecule has 0 fully saturated rings. The van der Waals surface area contributed by atoms with Crippen molar-refractivity contribution in [1.82, 2.24) is 14.1 Å². The van der Waals surface area contributed by atoms with Crippen LogP contribution >= 0.6 is 0 Å². The zero-order chi connectivity index (χ0) is 58.3. The molecule has 0 unspecified atom stereocenters. The Morgan fingerprint density at radius 2 is 1.18 bits per heavy atom. The van der Waals surface area contributed by atoms with Crippen molar-refractivity contribution in [2.75, 3.05) is 0 Å². The average molecular weight is 1110 g/mol. The minimum Gasteiger partial charge on any atom is -0.510 e. The molecule has 6 heteroatoms. The van der Waals surface area contributed by atoms with E-state index in [0.717, 1.165) is 55.2 Å². The zero-order valence-corrected chi connectivity index (χ0v) is 40.6. The van der Waals surface area contributed by atoms with Gasteiger partial charge in [-0.05, 0) is 96.7 Å². The van der Waals surface area contributed by atoms with Crippen LogP contribution in [-0.2, 0) is 26.5 Å². The number of imidazole rings is 1. The molecular formula is C65H46N4OPt-2. The first-order valence-electron chi connectivity index (χ1n) is 29.3. The van der Waals surface area contributed by atoms with Gasteiger partial charge >= 0.3 is 0 Å². The summed E-state index contributed by atoms with van der Waals surface area (Å²) in [7, 11) is 0. The maximum absolute atomic E-state index is 9.41. The molecule has 0 bridgehead atoms. The maximum atomic E-state index is 9.41. The van der Waals surface area contributed by atoms with Gasteiger partial charge in [-0.1, -0.05) is 184 Å². The molecule has 1 aliphatic rings. The molecule has 0 saturated carbocycles. The van der Waals surface area contributed by atoms with Crippen LogP contribution in [0.2, 0.25) is 0 Å². The van der Waals surface area contributed by atoms with E-state index >= 15 is 0 Å². The van der Waals surface area contributed by atoms with E-state index in [2.05, 4.69) is 75.6 Å². The molecule has 0 aliphatic carbocycles. The van der Waals surface area contributed by atoms with Gasteiger partial charge in [0, 0.05) is 54.0 Å². The number of pyridine rings is 1. The van der Waals surface area contributed by atoms with Gasteiger partial charge in [0.2, 0.25) is 0 Å². The van der Waals surface area contributed by atoms with Crippen molar-refractivity contribution < 1.29 is 48.2 Å². The van der Waals surface area contributed by atoms with Gasteiger partial charge in [-0.2, -0.15) is 18.2 Å². The van der Waals surface area contributed by atoms with Gasteiger partial charge < -0.3 is 13.9 Å². The number of nitrogens with zero attached hydrogens (tertiary/aromatic N) is 4. The van der Waals surface area contributed by atoms with Crippen molar-refractivity contribution in [2.45, 2.75) is 33.0 Å². The molecule has 1 aliphatic heterocycles. The van der Waals surface area contributed by atoms with Crippen LogP contribution in [0.15, 0.2) is 206 Å². The summed E-state index contributed by atoms with van der Waals surface area (Å²) < 4.78 is 125. The first kappa shape index (κ1) is 31.9. The first-order chi connectivity index (χ1) is 39.6. The van der Waals surface area contributed by atoms with Gasteiger partial charge in [0.1, 0.15) is 5.82 Å². The molecule has 4 heterocycles. The molecular weight excluding hydrogens is 1050 g/mol. The normalized spacial score (nSPS) is 14.6. The van der Waals surface area contributed by atoms with Gasteiger partial charge in [-0.25, -0.2) is 4.98 Å². The van der Waals surface area contributed by atoms with Crippen LogP contribution in [0.4, 0.5) is 0 Å². The third-order valence-electron chi connectivity index (χ3n) is 13.0. The first-order valence-corrected chi connectivity index (χ1v) is 22.8. The third-order valence-corrected chi connectivity index (χ3v) is 13.0. The molecule has 0 atom stereocenters. The van der Waals surface area contributed by atoms with Crippen molar-refractivity contribution in [3.05, 3.63) is 236 Å². The molecule has 5 nitrogen and oxygen atoms in total. The predicted octanol–water partition coefficient (Wildman–Crippen LogP) is 15.8. The second-order valence-corrected chi connectivity index (χ2v) is 18.2. The Morgan fingerprint density at radius 1 is 0.577 bits per heavy atom. The molecule has 0 N–H and O–H groups in total. The second kappa shape index (κ2) is 17.4. The molecule has 0 spiro atoms. The minimum absolute atomic E-state index is 0. The fourth-order valence-corrected chi connectivity index (χ4v) is 9.77. The number of benzene rings is 9. The molecule has 0 amide bonds. The van der Waals surface area contributed by atoms with E-state index in [4.69, 9.17) is 24.8 Å². The van der Waals surface area contributed by atoms with Gasteiger partial charge in [-0.15, -0.1) is 29.7 Å². The standard InChI is InChI=1S/C65H46N4O.Pt/c1-42-35-62(66-40-58(42)44-21-9-6-10-22-44)69-59-31-16-15-29-53(59)54-34-33-48(39-61(54)69)70-47-24-17-23-46(38-47)67-41-68-63-56(43-19-7-5-8-20-43)36-45(65(2,3)4)37-57(63)52-28-14-12-26-50(52)49-25-11-13-27-51(49)55-30-18-32-60(67)64(55)68;/h5-37,40H,1-4H3;/q-2;/i1D3,5D,6D,7D,8D,9D,10D,19D,20D,21D,22D;. The summed E-state index contributed by atoms with van der Waals surface area (Å²) in [5.74, 6) is 0.768. The number of hydrogen-bond donors (Lipinski definition) is 0. The predicted molar refractivity (Wildman–Crippen MR) is 284 cm³/mol. The van der Waals surface area contributed by atoms with Gasteiger partial charge in [0.25, 0.3) is 6.33 Å². The zero-order valence-electron chi connectivity index (χ0n) is 51.4. The molecule has 71 heavy (non-hydrogen) atoms. The molecule has 0 saturated heterocycles. The fourth-order valence-electron chi connectivity index (χ4n) is 9.77. The van der Waals surface area contributed by atoms with Crippen LogP contribution in [0.5, 0.6) is 11.5 Å².